The summed E-state index contributed by atoms with van der Waals surface area (Å²) in [5.74, 6) is 1.22. The second-order valence-electron chi connectivity index (χ2n) is 3.60. The van der Waals surface area contributed by atoms with Crippen LogP contribution in [0.5, 0.6) is 0 Å². The number of hydrogen-bond acceptors (Lipinski definition) is 3. The average Bonchev–Trinajstić information content (AvgIpc) is 2.83. The molecule has 1 aliphatic rings. The summed E-state index contributed by atoms with van der Waals surface area (Å²) in [5.41, 5.74) is 5.66. The molecule has 82 valence electrons. The Hall–Kier alpha value is -0.620. The van der Waals surface area contributed by atoms with E-state index in [1.165, 1.54) is 0 Å². The van der Waals surface area contributed by atoms with Crippen molar-refractivity contribution in [2.24, 2.45) is 16.6 Å². The molecule has 1 saturated carbocycles. The van der Waals surface area contributed by atoms with Crippen LogP contribution in [0.4, 0.5) is 0 Å². The molecular formula is C8H17N3O2S. The number of aliphatic imine (C=N–C) groups is 1. The van der Waals surface area contributed by atoms with E-state index in [2.05, 4.69) is 9.71 Å². The largest absolute Gasteiger partial charge is 0.387 e. The van der Waals surface area contributed by atoms with Crippen molar-refractivity contribution in [2.45, 2.75) is 19.3 Å². The summed E-state index contributed by atoms with van der Waals surface area (Å²) in [6.07, 6.45) is 4.14. The highest BCUT2D eigenvalue weighted by molar-refractivity contribution is 7.88. The zero-order valence-electron chi connectivity index (χ0n) is 8.36. The van der Waals surface area contributed by atoms with Crippen molar-refractivity contribution in [3.63, 3.8) is 0 Å². The van der Waals surface area contributed by atoms with Gasteiger partial charge in [-0.2, -0.15) is 0 Å². The molecule has 0 bridgehead atoms. The summed E-state index contributed by atoms with van der Waals surface area (Å²) in [7, 11) is -3.06. The highest BCUT2D eigenvalue weighted by atomic mass is 32.2. The molecule has 1 fully saturated rings. The van der Waals surface area contributed by atoms with Gasteiger partial charge in [-0.05, 0) is 19.3 Å². The Morgan fingerprint density at radius 1 is 1.57 bits per heavy atom. The molecule has 0 atom stereocenters. The third-order valence-electron chi connectivity index (χ3n) is 1.99. The van der Waals surface area contributed by atoms with Gasteiger partial charge in [0, 0.05) is 19.0 Å². The van der Waals surface area contributed by atoms with Crippen LogP contribution in [0, 0.1) is 5.92 Å². The molecule has 14 heavy (non-hydrogen) atoms. The van der Waals surface area contributed by atoms with E-state index in [1.807, 2.05) is 0 Å². The molecule has 3 N–H and O–H groups in total. The third-order valence-corrected chi connectivity index (χ3v) is 2.72. The van der Waals surface area contributed by atoms with Gasteiger partial charge in [0.15, 0.2) is 0 Å². The molecule has 6 heteroatoms. The summed E-state index contributed by atoms with van der Waals surface area (Å²) in [6, 6.07) is 0. The topological polar surface area (TPSA) is 84.5 Å². The van der Waals surface area contributed by atoms with Gasteiger partial charge in [-0.3, -0.25) is 4.99 Å². The van der Waals surface area contributed by atoms with E-state index in [9.17, 15) is 8.42 Å². The number of sulfonamides is 1. The molecule has 0 amide bonds. The van der Waals surface area contributed by atoms with Crippen LogP contribution < -0.4 is 10.5 Å². The molecule has 0 radical (unpaired) electrons. The molecule has 0 heterocycles. The predicted molar refractivity (Wildman–Crippen MR) is 56.7 cm³/mol. The number of rotatable bonds is 6. The Labute approximate surface area is 84.8 Å². The second-order valence-corrected chi connectivity index (χ2v) is 5.43. The van der Waals surface area contributed by atoms with E-state index in [-0.39, 0.29) is 0 Å². The Kier molecular flexibility index (Phi) is 3.88. The zero-order chi connectivity index (χ0) is 10.6. The molecule has 0 unspecified atom stereocenters. The lowest BCUT2D eigenvalue weighted by Gasteiger charge is -2.00. The van der Waals surface area contributed by atoms with E-state index >= 15 is 0 Å². The fourth-order valence-corrected chi connectivity index (χ4v) is 1.57. The lowest BCUT2D eigenvalue weighted by atomic mass is 10.4. The molecule has 0 aromatic carbocycles. The fraction of sp³-hybridized carbons (Fsp3) is 0.875. The van der Waals surface area contributed by atoms with Crippen molar-refractivity contribution in [3.8, 4) is 0 Å². The first kappa shape index (κ1) is 11.5. The lowest BCUT2D eigenvalue weighted by Crippen LogP contribution is -2.23. The van der Waals surface area contributed by atoms with Gasteiger partial charge in [0.05, 0.1) is 12.1 Å². The van der Waals surface area contributed by atoms with Crippen molar-refractivity contribution >= 4 is 15.9 Å². The molecular weight excluding hydrogens is 202 g/mol. The Bertz CT molecular complexity index is 307. The highest BCUT2D eigenvalue weighted by Crippen LogP contribution is 2.28. The summed E-state index contributed by atoms with van der Waals surface area (Å²) >= 11 is 0. The van der Waals surface area contributed by atoms with Gasteiger partial charge >= 0.3 is 0 Å². The Morgan fingerprint density at radius 3 is 2.71 bits per heavy atom. The first-order valence-corrected chi connectivity index (χ1v) is 6.62. The van der Waals surface area contributed by atoms with Crippen LogP contribution in [0.2, 0.25) is 0 Å². The average molecular weight is 219 g/mol. The normalized spacial score (nSPS) is 18.5. The van der Waals surface area contributed by atoms with Crippen molar-refractivity contribution in [1.82, 2.24) is 4.72 Å². The van der Waals surface area contributed by atoms with Gasteiger partial charge in [-0.15, -0.1) is 0 Å². The second kappa shape index (κ2) is 4.75. The molecule has 5 nitrogen and oxygen atoms in total. The number of nitrogens with two attached hydrogens (primary N) is 1. The molecule has 0 aromatic heterocycles. The quantitative estimate of drug-likeness (QED) is 0.365. The van der Waals surface area contributed by atoms with Crippen molar-refractivity contribution in [1.29, 1.82) is 0 Å². The molecule has 0 aliphatic heterocycles. The minimum atomic E-state index is -3.06. The zero-order valence-corrected chi connectivity index (χ0v) is 9.18. The lowest BCUT2D eigenvalue weighted by molar-refractivity contribution is 0.586. The van der Waals surface area contributed by atoms with Crippen LogP contribution in [-0.4, -0.2) is 33.6 Å². The van der Waals surface area contributed by atoms with Crippen molar-refractivity contribution in [2.75, 3.05) is 19.3 Å². The fourth-order valence-electron chi connectivity index (χ4n) is 1.05. The van der Waals surface area contributed by atoms with Gasteiger partial charge < -0.3 is 5.73 Å². The first-order valence-electron chi connectivity index (χ1n) is 4.73. The van der Waals surface area contributed by atoms with E-state index in [4.69, 9.17) is 5.73 Å². The van der Waals surface area contributed by atoms with Gasteiger partial charge in [-0.1, -0.05) is 0 Å². The van der Waals surface area contributed by atoms with Crippen molar-refractivity contribution < 1.29 is 8.42 Å². The summed E-state index contributed by atoms with van der Waals surface area (Å²) in [6.45, 7) is 1.03. The van der Waals surface area contributed by atoms with Gasteiger partial charge in [-0.25, -0.2) is 13.1 Å². The van der Waals surface area contributed by atoms with Crippen LogP contribution in [0.25, 0.3) is 0 Å². The predicted octanol–water partition coefficient (Wildman–Crippen LogP) is -0.307. The maximum absolute atomic E-state index is 10.7. The molecule has 0 saturated heterocycles. The van der Waals surface area contributed by atoms with Gasteiger partial charge in [0.1, 0.15) is 0 Å². The monoisotopic (exact) mass is 219 g/mol. The van der Waals surface area contributed by atoms with E-state index in [0.717, 1.165) is 24.9 Å². The molecule has 1 rings (SSSR count). The van der Waals surface area contributed by atoms with Crippen LogP contribution in [0.3, 0.4) is 0 Å². The summed E-state index contributed by atoms with van der Waals surface area (Å²) in [4.78, 5) is 4.17. The van der Waals surface area contributed by atoms with E-state index < -0.39 is 10.0 Å². The third kappa shape index (κ3) is 5.18. The maximum Gasteiger partial charge on any atom is 0.208 e. The van der Waals surface area contributed by atoms with E-state index in [1.54, 1.807) is 0 Å². The summed E-state index contributed by atoms with van der Waals surface area (Å²) in [5, 5.41) is 0. The van der Waals surface area contributed by atoms with Gasteiger partial charge in [0.25, 0.3) is 0 Å². The molecule has 0 aromatic rings. The van der Waals surface area contributed by atoms with E-state index in [0.29, 0.717) is 25.4 Å². The number of nitrogens with one attached hydrogen (secondary N) is 1. The van der Waals surface area contributed by atoms with Gasteiger partial charge in [0.2, 0.25) is 10.0 Å². The molecule has 0 spiro atoms. The number of hydrogen-bond donors (Lipinski definition) is 2. The smallest absolute Gasteiger partial charge is 0.208 e. The maximum atomic E-state index is 10.7. The minimum Gasteiger partial charge on any atom is -0.387 e. The number of amidine groups is 1. The first-order chi connectivity index (χ1) is 6.49. The SMILES string of the molecule is CS(=O)(=O)NCCCN=C(N)C1CC1. The van der Waals surface area contributed by atoms with Crippen LogP contribution >= 0.6 is 0 Å². The Morgan fingerprint density at radius 2 is 2.21 bits per heavy atom. The van der Waals surface area contributed by atoms with Crippen molar-refractivity contribution in [3.05, 3.63) is 0 Å². The van der Waals surface area contributed by atoms with Crippen LogP contribution in [0.1, 0.15) is 19.3 Å². The molecule has 1 aliphatic carbocycles. The highest BCUT2D eigenvalue weighted by Gasteiger charge is 2.24. The number of nitrogens with zero attached hydrogens (tertiary/aromatic N) is 1. The standard InChI is InChI=1S/C8H17N3O2S/c1-14(12,13)11-6-2-5-10-8(9)7-3-4-7/h7,11H,2-6H2,1H3,(H2,9,10). The Balaban J connectivity index is 2.07. The van der Waals surface area contributed by atoms with Crippen LogP contribution in [-0.2, 0) is 10.0 Å². The summed E-state index contributed by atoms with van der Waals surface area (Å²) < 4.78 is 23.8. The minimum absolute atomic E-state index is 0.431. The van der Waals surface area contributed by atoms with Crippen LogP contribution in [0.15, 0.2) is 4.99 Å².